The van der Waals surface area contributed by atoms with Crippen molar-refractivity contribution in [2.24, 2.45) is 0 Å². The summed E-state index contributed by atoms with van der Waals surface area (Å²) in [6.45, 7) is 4.92. The average molecular weight is 330 g/mol. The molecule has 0 aliphatic rings. The molecule has 8 heteroatoms. The van der Waals surface area contributed by atoms with Gasteiger partial charge in [0.2, 0.25) is 0 Å². The van der Waals surface area contributed by atoms with Crippen molar-refractivity contribution in [1.82, 2.24) is 15.4 Å². The molecule has 0 spiro atoms. The van der Waals surface area contributed by atoms with E-state index in [2.05, 4.69) is 20.8 Å². The molecule has 2 rings (SSSR count). The number of anilines is 3. The van der Waals surface area contributed by atoms with Gasteiger partial charge < -0.3 is 15.7 Å². The van der Waals surface area contributed by atoms with E-state index in [0.29, 0.717) is 36.0 Å². The molecule has 0 fully saturated rings. The molecule has 1 aromatic heterocycles. The van der Waals surface area contributed by atoms with Crippen LogP contribution in [0.15, 0.2) is 30.6 Å². The zero-order valence-corrected chi connectivity index (χ0v) is 13.8. The van der Waals surface area contributed by atoms with Crippen LogP contribution in [0.5, 0.6) is 0 Å². The second kappa shape index (κ2) is 8.11. The Morgan fingerprint density at radius 3 is 2.62 bits per heavy atom. The van der Waals surface area contributed by atoms with Crippen LogP contribution in [-0.2, 0) is 0 Å². The summed E-state index contributed by atoms with van der Waals surface area (Å²) in [6.07, 6.45) is 1.35. The molecule has 0 saturated heterocycles. The molecule has 0 unspecified atom stereocenters. The Hall–Kier alpha value is -2.87. The predicted octanol–water partition coefficient (Wildman–Crippen LogP) is 0.943. The lowest BCUT2D eigenvalue weighted by Crippen LogP contribution is -2.32. The minimum Gasteiger partial charge on any atom is -0.395 e. The molecule has 2 aromatic rings. The maximum absolute atomic E-state index is 12.1. The van der Waals surface area contributed by atoms with E-state index < -0.39 is 0 Å². The van der Waals surface area contributed by atoms with Crippen LogP contribution in [0.4, 0.5) is 17.3 Å². The number of hydrazine groups is 1. The highest BCUT2D eigenvalue weighted by molar-refractivity contribution is 5.95. The van der Waals surface area contributed by atoms with E-state index in [0.717, 1.165) is 5.56 Å². The summed E-state index contributed by atoms with van der Waals surface area (Å²) >= 11 is 0. The molecule has 128 valence electrons. The van der Waals surface area contributed by atoms with Gasteiger partial charge in [-0.3, -0.25) is 15.6 Å². The van der Waals surface area contributed by atoms with Crippen molar-refractivity contribution in [2.75, 3.05) is 35.8 Å². The molecule has 5 N–H and O–H groups in total. The van der Waals surface area contributed by atoms with Crippen LogP contribution in [0.25, 0.3) is 0 Å². The van der Waals surface area contributed by atoms with Gasteiger partial charge in [0.25, 0.3) is 5.91 Å². The van der Waals surface area contributed by atoms with Crippen molar-refractivity contribution in [3.63, 3.8) is 0 Å². The molecule has 0 atom stereocenters. The third-order valence-electron chi connectivity index (χ3n) is 3.52. The number of nitrogens with zero attached hydrogens (tertiary/aromatic N) is 3. The number of hydrogen-bond acceptors (Lipinski definition) is 7. The largest absolute Gasteiger partial charge is 0.395 e. The second-order valence-electron chi connectivity index (χ2n) is 5.21. The number of carbonyl (C=O) groups excluding carboxylic acids is 1. The molecule has 0 aliphatic heterocycles. The number of carbonyl (C=O) groups is 1. The first-order chi connectivity index (χ1) is 11.6. The van der Waals surface area contributed by atoms with Crippen LogP contribution in [0.2, 0.25) is 0 Å². The van der Waals surface area contributed by atoms with E-state index in [1.54, 1.807) is 12.1 Å². The third-order valence-corrected chi connectivity index (χ3v) is 3.52. The van der Waals surface area contributed by atoms with Gasteiger partial charge in [-0.2, -0.15) is 0 Å². The van der Waals surface area contributed by atoms with Gasteiger partial charge in [0.1, 0.15) is 12.0 Å². The molecule has 1 aromatic carbocycles. The van der Waals surface area contributed by atoms with Crippen LogP contribution >= 0.6 is 0 Å². The van der Waals surface area contributed by atoms with Gasteiger partial charge in [-0.15, -0.1) is 0 Å². The fourth-order valence-corrected chi connectivity index (χ4v) is 2.17. The number of nitrogens with two attached hydrogens (primary N) is 1. The number of aromatic nitrogens is 2. The molecule has 0 saturated carbocycles. The Bertz CT molecular complexity index is 689. The molecule has 0 radical (unpaired) electrons. The topological polar surface area (TPSA) is 116 Å². The van der Waals surface area contributed by atoms with E-state index in [4.69, 9.17) is 10.8 Å². The van der Waals surface area contributed by atoms with Gasteiger partial charge in [0.15, 0.2) is 11.6 Å². The van der Waals surface area contributed by atoms with E-state index >= 15 is 0 Å². The van der Waals surface area contributed by atoms with Crippen LogP contribution in [0, 0.1) is 6.92 Å². The molecule has 0 aliphatic carbocycles. The smallest absolute Gasteiger partial charge is 0.269 e. The number of nitrogen functional groups attached to an aromatic ring is 1. The maximum Gasteiger partial charge on any atom is 0.269 e. The molecule has 1 heterocycles. The number of amides is 1. The van der Waals surface area contributed by atoms with Gasteiger partial charge in [0.05, 0.1) is 6.61 Å². The first-order valence-electron chi connectivity index (χ1n) is 7.66. The molecule has 8 nitrogen and oxygen atoms in total. The minimum atomic E-state index is -0.294. The number of nitrogens with one attached hydrogen (secondary N) is 2. The summed E-state index contributed by atoms with van der Waals surface area (Å²) in [4.78, 5) is 22.1. The van der Waals surface area contributed by atoms with Gasteiger partial charge in [-0.25, -0.2) is 9.97 Å². The lowest BCUT2D eigenvalue weighted by atomic mass is 10.1. The Morgan fingerprint density at radius 2 is 2.00 bits per heavy atom. The molecular formula is C16H22N6O2. The summed E-state index contributed by atoms with van der Waals surface area (Å²) in [5.74, 6) is 0.516. The number of hydrogen-bond donors (Lipinski definition) is 4. The fraction of sp³-hybridized carbons (Fsp3) is 0.312. The normalized spacial score (nSPS) is 10.3. The Balaban J connectivity index is 2.10. The first-order valence-corrected chi connectivity index (χ1v) is 7.66. The molecular weight excluding hydrogens is 308 g/mol. The highest BCUT2D eigenvalue weighted by Gasteiger charge is 2.14. The lowest BCUT2D eigenvalue weighted by molar-refractivity contribution is 0.0962. The van der Waals surface area contributed by atoms with Gasteiger partial charge in [0, 0.05) is 18.7 Å². The summed E-state index contributed by atoms with van der Waals surface area (Å²) in [6, 6.07) is 7.20. The first kappa shape index (κ1) is 17.5. The van der Waals surface area contributed by atoms with Crippen molar-refractivity contribution in [2.45, 2.75) is 13.8 Å². The molecule has 1 amide bonds. The van der Waals surface area contributed by atoms with Crippen LogP contribution in [-0.4, -0.2) is 40.7 Å². The molecule has 24 heavy (non-hydrogen) atoms. The van der Waals surface area contributed by atoms with E-state index in [1.165, 1.54) is 6.33 Å². The standard InChI is InChI=1S/C16H22N6O2/c1-3-22(8-9-23)15-13(17)14(18-10-19-15)20-21-16(24)12-6-4-11(2)5-7-12/h4-7,10,23H,3,8-9,17H2,1-2H3,(H,21,24)(H,18,19,20). The van der Waals surface area contributed by atoms with Crippen LogP contribution < -0.4 is 21.5 Å². The zero-order valence-electron chi connectivity index (χ0n) is 13.8. The van der Waals surface area contributed by atoms with E-state index in [9.17, 15) is 4.79 Å². The van der Waals surface area contributed by atoms with Crippen LogP contribution in [0.3, 0.4) is 0 Å². The monoisotopic (exact) mass is 330 g/mol. The highest BCUT2D eigenvalue weighted by atomic mass is 16.3. The van der Waals surface area contributed by atoms with Crippen molar-refractivity contribution in [3.8, 4) is 0 Å². The second-order valence-corrected chi connectivity index (χ2v) is 5.21. The van der Waals surface area contributed by atoms with Gasteiger partial charge in [-0.05, 0) is 26.0 Å². The summed E-state index contributed by atoms with van der Waals surface area (Å²) in [5.41, 5.74) is 13.3. The third kappa shape index (κ3) is 4.11. The summed E-state index contributed by atoms with van der Waals surface area (Å²) in [5, 5.41) is 9.11. The van der Waals surface area contributed by atoms with Gasteiger partial charge in [-0.1, -0.05) is 17.7 Å². The van der Waals surface area contributed by atoms with Crippen LogP contribution in [0.1, 0.15) is 22.8 Å². The fourth-order valence-electron chi connectivity index (χ4n) is 2.17. The number of rotatable bonds is 7. The Morgan fingerprint density at radius 1 is 1.29 bits per heavy atom. The van der Waals surface area contributed by atoms with E-state index in [-0.39, 0.29) is 12.5 Å². The zero-order chi connectivity index (χ0) is 17.5. The summed E-state index contributed by atoms with van der Waals surface area (Å²) < 4.78 is 0. The average Bonchev–Trinajstić information content (AvgIpc) is 2.59. The predicted molar refractivity (Wildman–Crippen MR) is 93.7 cm³/mol. The lowest BCUT2D eigenvalue weighted by Gasteiger charge is -2.23. The Kier molecular flexibility index (Phi) is 5.91. The van der Waals surface area contributed by atoms with Crippen molar-refractivity contribution in [1.29, 1.82) is 0 Å². The number of aryl methyl sites for hydroxylation is 1. The summed E-state index contributed by atoms with van der Waals surface area (Å²) in [7, 11) is 0. The van der Waals surface area contributed by atoms with Crippen molar-refractivity contribution in [3.05, 3.63) is 41.7 Å². The van der Waals surface area contributed by atoms with Gasteiger partial charge >= 0.3 is 0 Å². The quantitative estimate of drug-likeness (QED) is 0.558. The highest BCUT2D eigenvalue weighted by Crippen LogP contribution is 2.25. The molecule has 0 bridgehead atoms. The number of aliphatic hydroxyl groups is 1. The number of benzene rings is 1. The van der Waals surface area contributed by atoms with Crippen molar-refractivity contribution < 1.29 is 9.90 Å². The SMILES string of the molecule is CCN(CCO)c1ncnc(NNC(=O)c2ccc(C)cc2)c1N. The van der Waals surface area contributed by atoms with Crippen molar-refractivity contribution >= 4 is 23.2 Å². The Labute approximate surface area is 140 Å². The van der Waals surface area contributed by atoms with E-state index in [1.807, 2.05) is 30.9 Å². The maximum atomic E-state index is 12.1. The minimum absolute atomic E-state index is 0.00972. The number of likely N-dealkylation sites (N-methyl/N-ethyl adjacent to an activating group) is 1. The number of aliphatic hydroxyl groups excluding tert-OH is 1.